The Kier molecular flexibility index (Phi) is 5.55. The Bertz CT molecular complexity index is 957. The highest BCUT2D eigenvalue weighted by Gasteiger charge is 2.57. The molecule has 1 heterocycles. The van der Waals surface area contributed by atoms with Crippen molar-refractivity contribution in [3.63, 3.8) is 0 Å². The summed E-state index contributed by atoms with van der Waals surface area (Å²) in [5, 5.41) is 24.1. The van der Waals surface area contributed by atoms with Gasteiger partial charge in [0.25, 0.3) is 0 Å². The topological polar surface area (TPSA) is 78.9 Å². The fraction of sp³-hybridized carbons (Fsp3) is 0.821. The molecule has 4 aliphatic carbocycles. The van der Waals surface area contributed by atoms with Gasteiger partial charge in [-0.15, -0.1) is 0 Å². The summed E-state index contributed by atoms with van der Waals surface area (Å²) in [7, 11) is 0. The summed E-state index contributed by atoms with van der Waals surface area (Å²) in [5.74, 6) is 4.60. The van der Waals surface area contributed by atoms with Crippen molar-refractivity contribution in [3.05, 3.63) is 18.0 Å². The van der Waals surface area contributed by atoms with Gasteiger partial charge in [0.2, 0.25) is 0 Å². The minimum Gasteiger partial charge on any atom is -0.390 e. The van der Waals surface area contributed by atoms with Gasteiger partial charge in [-0.2, -0.15) is 10.4 Å². The molecule has 8 atom stereocenters. The average molecular weight is 452 g/mol. The van der Waals surface area contributed by atoms with E-state index in [2.05, 4.69) is 18.1 Å². The Morgan fingerprint density at radius 1 is 1.15 bits per heavy atom. The fourth-order valence-electron chi connectivity index (χ4n) is 8.81. The number of carbonyl (C=O) groups excluding carboxylic acids is 1. The van der Waals surface area contributed by atoms with Crippen molar-refractivity contribution in [1.29, 1.82) is 5.26 Å². The summed E-state index contributed by atoms with van der Waals surface area (Å²) < 4.78 is 1.68. The number of fused-ring (bicyclic) bond motifs is 5. The van der Waals surface area contributed by atoms with Gasteiger partial charge in [0.1, 0.15) is 11.6 Å². The van der Waals surface area contributed by atoms with E-state index in [1.165, 1.54) is 38.5 Å². The Balaban J connectivity index is 1.29. The van der Waals surface area contributed by atoms with Crippen LogP contribution in [0.4, 0.5) is 0 Å². The molecule has 4 saturated carbocycles. The molecule has 0 aromatic carbocycles. The molecule has 1 N–H and O–H groups in total. The molecule has 5 heteroatoms. The molecular formula is C28H41N3O2. The lowest BCUT2D eigenvalue weighted by Gasteiger charge is -2.57. The molecule has 0 unspecified atom stereocenters. The minimum atomic E-state index is -0.724. The standard InChI is InChI=1S/C28H41N3O2/c1-26(2,31-17-18(15-29)16-30-31)25(32)13-20-6-8-24-23-7-5-19-14-27(3,33)11-9-21(19)22(23)10-12-28(20,24)4/h16-17,19-24,33H,5-14H2,1-4H3/t19-,20-,21+,22-,23-,24+,27-,28-/m1/s1. The number of aliphatic hydroxyl groups is 1. The molecule has 1 aromatic rings. The first-order valence-electron chi connectivity index (χ1n) is 13.3. The Labute approximate surface area is 198 Å². The van der Waals surface area contributed by atoms with E-state index < -0.39 is 11.1 Å². The van der Waals surface area contributed by atoms with Crippen LogP contribution in [0.25, 0.3) is 0 Å². The first-order chi connectivity index (χ1) is 15.5. The lowest BCUT2D eigenvalue weighted by molar-refractivity contribution is -0.130. The van der Waals surface area contributed by atoms with Crippen LogP contribution in [0, 0.1) is 52.3 Å². The van der Waals surface area contributed by atoms with Crippen molar-refractivity contribution in [1.82, 2.24) is 9.78 Å². The summed E-state index contributed by atoms with van der Waals surface area (Å²) in [6, 6.07) is 2.12. The quantitative estimate of drug-likeness (QED) is 0.658. The van der Waals surface area contributed by atoms with Crippen molar-refractivity contribution in [2.45, 2.75) is 103 Å². The van der Waals surface area contributed by atoms with Crippen LogP contribution < -0.4 is 0 Å². The molecule has 0 saturated heterocycles. The van der Waals surface area contributed by atoms with E-state index in [0.29, 0.717) is 23.8 Å². The van der Waals surface area contributed by atoms with Crippen LogP contribution in [-0.4, -0.2) is 26.3 Å². The summed E-state index contributed by atoms with van der Waals surface area (Å²) >= 11 is 0. The number of rotatable bonds is 4. The molecule has 1 aromatic heterocycles. The second-order valence-electron chi connectivity index (χ2n) is 13.0. The molecule has 5 rings (SSSR count). The summed E-state index contributed by atoms with van der Waals surface area (Å²) in [5.41, 5.74) is -0.410. The number of aromatic nitrogens is 2. The monoisotopic (exact) mass is 451 g/mol. The van der Waals surface area contributed by atoms with E-state index in [9.17, 15) is 9.90 Å². The summed E-state index contributed by atoms with van der Waals surface area (Å²) in [6.45, 7) is 8.41. The van der Waals surface area contributed by atoms with Gasteiger partial charge >= 0.3 is 0 Å². The maximum absolute atomic E-state index is 13.5. The number of nitriles is 1. The molecule has 180 valence electrons. The highest BCUT2D eigenvalue weighted by molar-refractivity contribution is 5.86. The predicted molar refractivity (Wildman–Crippen MR) is 127 cm³/mol. The fourth-order valence-corrected chi connectivity index (χ4v) is 8.81. The molecule has 0 radical (unpaired) electrons. The lowest BCUT2D eigenvalue weighted by Crippen LogP contribution is -2.50. The zero-order chi connectivity index (χ0) is 23.6. The zero-order valence-corrected chi connectivity index (χ0v) is 20.9. The SMILES string of the molecule is CC(C)(C(=O)C[C@H]1CC[C@H]2[C@@H]3CC[C@@H]4C[C@](C)(O)CC[C@@H]4[C@H]3CC[C@]12C)n1cc(C#N)cn1. The van der Waals surface area contributed by atoms with Crippen LogP contribution in [0.5, 0.6) is 0 Å². The number of nitrogens with zero attached hydrogens (tertiary/aromatic N) is 3. The normalized spacial score (nSPS) is 42.7. The van der Waals surface area contributed by atoms with Gasteiger partial charge in [0.15, 0.2) is 5.78 Å². The van der Waals surface area contributed by atoms with Gasteiger partial charge in [0, 0.05) is 12.6 Å². The summed E-state index contributed by atoms with van der Waals surface area (Å²) in [6.07, 6.45) is 14.6. The lowest BCUT2D eigenvalue weighted by atomic mass is 9.49. The summed E-state index contributed by atoms with van der Waals surface area (Å²) in [4.78, 5) is 13.5. The van der Waals surface area contributed by atoms with E-state index in [0.717, 1.165) is 42.9 Å². The molecule has 0 bridgehead atoms. The molecule has 5 nitrogen and oxygen atoms in total. The first-order valence-corrected chi connectivity index (χ1v) is 13.3. The first kappa shape index (κ1) is 23.1. The Morgan fingerprint density at radius 2 is 1.91 bits per heavy atom. The van der Waals surface area contributed by atoms with Crippen LogP contribution in [0.2, 0.25) is 0 Å². The van der Waals surface area contributed by atoms with Gasteiger partial charge in [-0.05, 0) is 119 Å². The third-order valence-corrected chi connectivity index (χ3v) is 10.8. The number of hydrogen-bond acceptors (Lipinski definition) is 4. The second-order valence-corrected chi connectivity index (χ2v) is 13.0. The molecular weight excluding hydrogens is 410 g/mol. The molecule has 0 aliphatic heterocycles. The van der Waals surface area contributed by atoms with E-state index in [4.69, 9.17) is 5.26 Å². The van der Waals surface area contributed by atoms with Crippen molar-refractivity contribution in [3.8, 4) is 6.07 Å². The van der Waals surface area contributed by atoms with Gasteiger partial charge < -0.3 is 5.11 Å². The van der Waals surface area contributed by atoms with Crippen molar-refractivity contribution < 1.29 is 9.90 Å². The van der Waals surface area contributed by atoms with Gasteiger partial charge in [0.05, 0.1) is 17.4 Å². The van der Waals surface area contributed by atoms with Crippen LogP contribution >= 0.6 is 0 Å². The van der Waals surface area contributed by atoms with Crippen LogP contribution in [-0.2, 0) is 10.3 Å². The number of ketones is 1. The third kappa shape index (κ3) is 3.77. The maximum atomic E-state index is 13.5. The predicted octanol–water partition coefficient (Wildman–Crippen LogP) is 5.47. The van der Waals surface area contributed by atoms with Crippen molar-refractivity contribution in [2.75, 3.05) is 0 Å². The van der Waals surface area contributed by atoms with Crippen molar-refractivity contribution >= 4 is 5.78 Å². The van der Waals surface area contributed by atoms with E-state index in [1.54, 1.807) is 17.1 Å². The van der Waals surface area contributed by atoms with Crippen LogP contribution in [0.3, 0.4) is 0 Å². The van der Waals surface area contributed by atoms with E-state index in [1.807, 2.05) is 20.8 Å². The maximum Gasteiger partial charge on any atom is 0.160 e. The number of hydrogen-bond donors (Lipinski definition) is 1. The van der Waals surface area contributed by atoms with Gasteiger partial charge in [-0.1, -0.05) is 6.92 Å². The Hall–Kier alpha value is -1.67. The van der Waals surface area contributed by atoms with Gasteiger partial charge in [-0.3, -0.25) is 9.48 Å². The molecule has 0 spiro atoms. The average Bonchev–Trinajstić information content (AvgIpc) is 3.38. The largest absolute Gasteiger partial charge is 0.390 e. The third-order valence-electron chi connectivity index (χ3n) is 10.8. The highest BCUT2D eigenvalue weighted by Crippen LogP contribution is 2.65. The number of carbonyl (C=O) groups is 1. The Morgan fingerprint density at radius 3 is 2.64 bits per heavy atom. The minimum absolute atomic E-state index is 0.238. The van der Waals surface area contributed by atoms with Crippen molar-refractivity contribution in [2.24, 2.45) is 40.9 Å². The smallest absolute Gasteiger partial charge is 0.160 e. The zero-order valence-electron chi connectivity index (χ0n) is 20.9. The second kappa shape index (κ2) is 7.94. The molecule has 0 amide bonds. The molecule has 4 fully saturated rings. The van der Waals surface area contributed by atoms with Gasteiger partial charge in [-0.25, -0.2) is 0 Å². The van der Waals surface area contributed by atoms with E-state index in [-0.39, 0.29) is 11.2 Å². The highest BCUT2D eigenvalue weighted by atomic mass is 16.3. The van der Waals surface area contributed by atoms with E-state index >= 15 is 0 Å². The van der Waals surface area contributed by atoms with Crippen LogP contribution in [0.15, 0.2) is 12.4 Å². The molecule has 4 aliphatic rings. The number of Topliss-reactive ketones (excluding diaryl/α,β-unsaturated/α-hetero) is 1. The molecule has 33 heavy (non-hydrogen) atoms. The van der Waals surface area contributed by atoms with Crippen LogP contribution in [0.1, 0.15) is 97.5 Å².